The molecule has 2 N–H and O–H groups in total. The third-order valence-corrected chi connectivity index (χ3v) is 2.56. The summed E-state index contributed by atoms with van der Waals surface area (Å²) in [4.78, 5) is 0. The lowest BCUT2D eigenvalue weighted by Gasteiger charge is -2.24. The van der Waals surface area contributed by atoms with Crippen molar-refractivity contribution in [3.05, 3.63) is 12.5 Å². The van der Waals surface area contributed by atoms with Crippen LogP contribution in [0.1, 0.15) is 32.6 Å². The number of aromatic nitrogens is 2. The van der Waals surface area contributed by atoms with Crippen molar-refractivity contribution in [2.24, 2.45) is 0 Å². The quantitative estimate of drug-likeness (QED) is 0.755. The van der Waals surface area contributed by atoms with Gasteiger partial charge in [-0.2, -0.15) is 0 Å². The van der Waals surface area contributed by atoms with E-state index in [0.717, 1.165) is 19.1 Å². The Morgan fingerprint density at radius 2 is 2.31 bits per heavy atom. The minimum Gasteiger partial charge on any atom is -0.346 e. The van der Waals surface area contributed by atoms with Crippen molar-refractivity contribution in [3.63, 3.8) is 0 Å². The van der Waals surface area contributed by atoms with Gasteiger partial charge in [0, 0.05) is 30.9 Å². The minimum absolute atomic E-state index is 0.746. The van der Waals surface area contributed by atoms with Crippen LogP contribution >= 0.6 is 0 Å². The fourth-order valence-electron chi connectivity index (χ4n) is 1.69. The Morgan fingerprint density at radius 1 is 1.38 bits per heavy atom. The van der Waals surface area contributed by atoms with Gasteiger partial charge in [-0.05, 0) is 6.42 Å². The number of hydrogen-bond acceptors (Lipinski definition) is 5. The molecular weight excluding hydrogens is 204 g/mol. The van der Waals surface area contributed by atoms with Crippen molar-refractivity contribution in [1.82, 2.24) is 21.0 Å². The van der Waals surface area contributed by atoms with Gasteiger partial charge in [0.05, 0.1) is 6.20 Å². The number of unbranched alkanes of at least 4 members (excludes halogenated alkanes) is 2. The van der Waals surface area contributed by atoms with E-state index in [0.29, 0.717) is 0 Å². The minimum atomic E-state index is 0.746. The Morgan fingerprint density at radius 3 is 2.81 bits per heavy atom. The van der Waals surface area contributed by atoms with Gasteiger partial charge < -0.3 is 15.2 Å². The van der Waals surface area contributed by atoms with Gasteiger partial charge in [0.1, 0.15) is 6.26 Å². The fraction of sp³-hybridized carbons (Fsp3) is 0.818. The Hall–Kier alpha value is -0.940. The zero-order valence-corrected chi connectivity index (χ0v) is 9.98. The molecule has 92 valence electrons. The van der Waals surface area contributed by atoms with Gasteiger partial charge in [-0.3, -0.25) is 0 Å². The Bertz CT molecular complexity index is 205. The predicted octanol–water partition coefficient (Wildman–Crippen LogP) is 1.20. The lowest BCUT2D eigenvalue weighted by atomic mass is 10.1. The molecule has 5 nitrogen and oxygen atoms in total. The molecule has 1 aromatic heterocycles. The molecule has 5 heteroatoms. The van der Waals surface area contributed by atoms with E-state index in [9.17, 15) is 0 Å². The summed E-state index contributed by atoms with van der Waals surface area (Å²) in [6.07, 6.45) is 8.33. The molecule has 0 spiro atoms. The molecule has 1 aliphatic heterocycles. The highest BCUT2D eigenvalue weighted by Gasteiger charge is 2.09. The maximum Gasteiger partial charge on any atom is 0.144 e. The fourth-order valence-corrected chi connectivity index (χ4v) is 1.69. The average molecular weight is 226 g/mol. The highest BCUT2D eigenvalue weighted by Crippen LogP contribution is 2.03. The van der Waals surface area contributed by atoms with Gasteiger partial charge in [-0.25, -0.2) is 0 Å². The monoisotopic (exact) mass is 226 g/mol. The second-order valence-corrected chi connectivity index (χ2v) is 3.94. The summed E-state index contributed by atoms with van der Waals surface area (Å²) < 4.78 is 4.22. The molecule has 1 aliphatic rings. The normalized spacial score (nSPS) is 19.9. The summed E-state index contributed by atoms with van der Waals surface area (Å²) in [5.41, 5.74) is 0. The van der Waals surface area contributed by atoms with Crippen LogP contribution in [0.5, 0.6) is 0 Å². The predicted molar refractivity (Wildman–Crippen MR) is 63.1 cm³/mol. The molecule has 1 atom stereocenters. The van der Waals surface area contributed by atoms with Crippen LogP contribution in [-0.4, -0.2) is 36.0 Å². The van der Waals surface area contributed by atoms with Crippen LogP contribution in [0.3, 0.4) is 0 Å². The van der Waals surface area contributed by atoms with Crippen molar-refractivity contribution in [2.75, 3.05) is 19.6 Å². The van der Waals surface area contributed by atoms with Crippen molar-refractivity contribution in [2.45, 2.75) is 38.6 Å². The van der Waals surface area contributed by atoms with Gasteiger partial charge in [0.25, 0.3) is 0 Å². The number of nitrogens with zero attached hydrogens (tertiary/aromatic N) is 2. The van der Waals surface area contributed by atoms with Crippen molar-refractivity contribution in [3.8, 4) is 0 Å². The lowest BCUT2D eigenvalue weighted by Crippen LogP contribution is -2.48. The summed E-state index contributed by atoms with van der Waals surface area (Å²) in [7, 11) is 0. The topological polar surface area (TPSA) is 63.0 Å². The molecule has 0 amide bonds. The molecule has 0 radical (unpaired) electrons. The third kappa shape index (κ3) is 6.53. The van der Waals surface area contributed by atoms with E-state index in [2.05, 4.69) is 32.5 Å². The van der Waals surface area contributed by atoms with Gasteiger partial charge in [-0.15, -0.1) is 5.10 Å². The maximum atomic E-state index is 4.22. The number of piperazine rings is 1. The van der Waals surface area contributed by atoms with Gasteiger partial charge in [0.15, 0.2) is 0 Å². The maximum absolute atomic E-state index is 4.22. The molecular formula is C11H22N4O. The summed E-state index contributed by atoms with van der Waals surface area (Å²) in [5.74, 6) is 0. The highest BCUT2D eigenvalue weighted by atomic mass is 16.5. The molecule has 1 fully saturated rings. The van der Waals surface area contributed by atoms with E-state index in [-0.39, 0.29) is 0 Å². The van der Waals surface area contributed by atoms with E-state index in [1.807, 2.05) is 0 Å². The van der Waals surface area contributed by atoms with E-state index >= 15 is 0 Å². The van der Waals surface area contributed by atoms with Crippen molar-refractivity contribution >= 4 is 0 Å². The summed E-state index contributed by atoms with van der Waals surface area (Å²) in [6.45, 7) is 5.72. The first kappa shape index (κ1) is 13.1. The van der Waals surface area contributed by atoms with Crippen LogP contribution in [0, 0.1) is 0 Å². The molecule has 2 heterocycles. The number of nitrogens with one attached hydrogen (secondary N) is 2. The van der Waals surface area contributed by atoms with Gasteiger partial charge in [0.2, 0.25) is 0 Å². The molecule has 0 bridgehead atoms. The first-order valence-electron chi connectivity index (χ1n) is 6.08. The average Bonchev–Trinajstić information content (AvgIpc) is 2.90. The molecule has 2 rings (SSSR count). The molecule has 0 saturated carbocycles. The van der Waals surface area contributed by atoms with Gasteiger partial charge in [-0.1, -0.05) is 26.2 Å². The van der Waals surface area contributed by atoms with E-state index in [4.69, 9.17) is 0 Å². The van der Waals surface area contributed by atoms with Crippen molar-refractivity contribution in [1.29, 1.82) is 0 Å². The lowest BCUT2D eigenvalue weighted by molar-refractivity contribution is 0.388. The molecule has 1 aromatic rings. The smallest absolute Gasteiger partial charge is 0.144 e. The Labute approximate surface area is 97.0 Å². The van der Waals surface area contributed by atoms with Gasteiger partial charge >= 0.3 is 0 Å². The highest BCUT2D eigenvalue weighted by molar-refractivity contribution is 4.74. The van der Waals surface area contributed by atoms with Crippen LogP contribution in [0.25, 0.3) is 0 Å². The van der Waals surface area contributed by atoms with Crippen LogP contribution in [0.4, 0.5) is 0 Å². The SMILES string of the molecule is CCCCCC1CNCCN1.c1conn1. The van der Waals surface area contributed by atoms with E-state index in [1.165, 1.54) is 44.7 Å². The van der Waals surface area contributed by atoms with Crippen molar-refractivity contribution < 1.29 is 4.52 Å². The van der Waals surface area contributed by atoms with Crippen LogP contribution < -0.4 is 10.6 Å². The van der Waals surface area contributed by atoms with Crippen LogP contribution in [0.15, 0.2) is 17.0 Å². The third-order valence-electron chi connectivity index (χ3n) is 2.56. The molecule has 1 saturated heterocycles. The largest absolute Gasteiger partial charge is 0.346 e. The summed E-state index contributed by atoms with van der Waals surface area (Å²) in [5, 5.41) is 13.3. The molecule has 0 aliphatic carbocycles. The second-order valence-electron chi connectivity index (χ2n) is 3.94. The first-order valence-corrected chi connectivity index (χ1v) is 6.08. The Kier molecular flexibility index (Phi) is 7.63. The molecule has 0 aromatic carbocycles. The molecule has 1 unspecified atom stereocenters. The zero-order valence-electron chi connectivity index (χ0n) is 9.98. The summed E-state index contributed by atoms with van der Waals surface area (Å²) >= 11 is 0. The van der Waals surface area contributed by atoms with E-state index < -0.39 is 0 Å². The second kappa shape index (κ2) is 9.30. The number of rotatable bonds is 4. The Balaban J connectivity index is 0.000000212. The number of hydrogen-bond donors (Lipinski definition) is 2. The van der Waals surface area contributed by atoms with Crippen LogP contribution in [-0.2, 0) is 0 Å². The first-order chi connectivity index (χ1) is 7.93. The molecule has 16 heavy (non-hydrogen) atoms. The van der Waals surface area contributed by atoms with E-state index in [1.54, 1.807) is 0 Å². The van der Waals surface area contributed by atoms with Crippen LogP contribution in [0.2, 0.25) is 0 Å². The standard InChI is InChI=1S/C9H20N2.C2H2N2O/c1-2-3-4-5-9-8-10-6-7-11-9;1-2-5-4-3-1/h9-11H,2-8H2,1H3;1-2H. The summed E-state index contributed by atoms with van der Waals surface area (Å²) in [6, 6.07) is 0.746. The zero-order chi connectivity index (χ0) is 11.5.